The number of carbonyl (C=O) groups is 3. The number of hydrogen-bond donors (Lipinski definition) is 2. The number of amides is 3. The first-order valence-corrected chi connectivity index (χ1v) is 7.67. The van der Waals surface area contributed by atoms with Gasteiger partial charge >= 0.3 is 12.0 Å². The van der Waals surface area contributed by atoms with Crippen LogP contribution in [0.15, 0.2) is 0 Å². The van der Waals surface area contributed by atoms with Crippen LogP contribution in [0.4, 0.5) is 4.79 Å². The Hall–Kier alpha value is -1.84. The van der Waals surface area contributed by atoms with Crippen LogP contribution in [0.5, 0.6) is 0 Å². The van der Waals surface area contributed by atoms with Crippen LogP contribution in [0.25, 0.3) is 0 Å². The standard InChI is InChI=1S/C10H17N3O6S/c1-12(5-8(11)14)10(17)13-2-3-20(18,19)6-7(13)4-9(15)16/h7H,2-6H2,1H3,(H2,11,14)(H,15,16). The highest BCUT2D eigenvalue weighted by atomic mass is 32.2. The molecule has 1 fully saturated rings. The average molecular weight is 307 g/mol. The smallest absolute Gasteiger partial charge is 0.320 e. The van der Waals surface area contributed by atoms with Crippen LogP contribution in [0, 0.1) is 0 Å². The first-order valence-electron chi connectivity index (χ1n) is 5.84. The SMILES string of the molecule is CN(CC(N)=O)C(=O)N1CCS(=O)(=O)CC1CC(=O)O. The predicted octanol–water partition coefficient (Wildman–Crippen LogP) is -1.90. The maximum absolute atomic E-state index is 12.1. The molecule has 0 aromatic heterocycles. The molecule has 9 nitrogen and oxygen atoms in total. The fraction of sp³-hybridized carbons (Fsp3) is 0.700. The number of nitrogens with two attached hydrogens (primary N) is 1. The summed E-state index contributed by atoms with van der Waals surface area (Å²) in [6, 6.07) is -1.54. The average Bonchev–Trinajstić information content (AvgIpc) is 2.25. The number of primary amides is 1. The highest BCUT2D eigenvalue weighted by Gasteiger charge is 2.36. The van der Waals surface area contributed by atoms with Crippen molar-refractivity contribution in [2.75, 3.05) is 31.6 Å². The topological polar surface area (TPSA) is 138 Å². The van der Waals surface area contributed by atoms with Crippen molar-refractivity contribution in [3.63, 3.8) is 0 Å². The van der Waals surface area contributed by atoms with Gasteiger partial charge in [-0.1, -0.05) is 0 Å². The molecule has 1 heterocycles. The number of hydrogen-bond acceptors (Lipinski definition) is 5. The van der Waals surface area contributed by atoms with E-state index < -0.39 is 46.0 Å². The van der Waals surface area contributed by atoms with Crippen LogP contribution in [0.3, 0.4) is 0 Å². The van der Waals surface area contributed by atoms with E-state index in [2.05, 4.69) is 0 Å². The lowest BCUT2D eigenvalue weighted by molar-refractivity contribution is -0.138. The summed E-state index contributed by atoms with van der Waals surface area (Å²) in [6.07, 6.45) is -0.463. The lowest BCUT2D eigenvalue weighted by Crippen LogP contribution is -2.56. The molecule has 1 saturated heterocycles. The van der Waals surface area contributed by atoms with Gasteiger partial charge in [-0.25, -0.2) is 13.2 Å². The van der Waals surface area contributed by atoms with E-state index in [1.165, 1.54) is 7.05 Å². The summed E-state index contributed by atoms with van der Waals surface area (Å²) < 4.78 is 23.1. The summed E-state index contributed by atoms with van der Waals surface area (Å²) in [6.45, 7) is -0.413. The number of carbonyl (C=O) groups excluding carboxylic acids is 2. The second kappa shape index (κ2) is 6.07. The Morgan fingerprint density at radius 3 is 2.50 bits per heavy atom. The fourth-order valence-electron chi connectivity index (χ4n) is 2.03. The third-order valence-electron chi connectivity index (χ3n) is 2.91. The molecule has 1 unspecified atom stereocenters. The summed E-state index contributed by atoms with van der Waals surface area (Å²) in [4.78, 5) is 35.8. The minimum Gasteiger partial charge on any atom is -0.481 e. The zero-order chi connectivity index (χ0) is 15.5. The molecule has 1 aliphatic rings. The van der Waals surface area contributed by atoms with Gasteiger partial charge in [-0.3, -0.25) is 9.59 Å². The Morgan fingerprint density at radius 1 is 1.40 bits per heavy atom. The van der Waals surface area contributed by atoms with Gasteiger partial charge in [-0.15, -0.1) is 0 Å². The van der Waals surface area contributed by atoms with E-state index in [1.807, 2.05) is 0 Å². The van der Waals surface area contributed by atoms with Gasteiger partial charge in [0, 0.05) is 13.6 Å². The minimum atomic E-state index is -3.36. The lowest BCUT2D eigenvalue weighted by Gasteiger charge is -2.36. The third-order valence-corrected chi connectivity index (χ3v) is 4.60. The Morgan fingerprint density at radius 2 is 2.00 bits per heavy atom. The van der Waals surface area contributed by atoms with Crippen molar-refractivity contribution in [1.29, 1.82) is 0 Å². The second-order valence-electron chi connectivity index (χ2n) is 4.66. The Bertz CT molecular complexity index is 517. The first kappa shape index (κ1) is 16.2. The fourth-order valence-corrected chi connectivity index (χ4v) is 3.56. The summed E-state index contributed by atoms with van der Waals surface area (Å²) in [5.74, 6) is -2.52. The van der Waals surface area contributed by atoms with Crippen molar-refractivity contribution in [1.82, 2.24) is 9.80 Å². The Kier molecular flexibility index (Phi) is 4.93. The van der Waals surface area contributed by atoms with E-state index in [1.54, 1.807) is 0 Å². The van der Waals surface area contributed by atoms with Crippen LogP contribution < -0.4 is 5.73 Å². The molecule has 0 aromatic carbocycles. The molecular formula is C10H17N3O6S. The maximum atomic E-state index is 12.1. The van der Waals surface area contributed by atoms with Crippen LogP contribution in [-0.4, -0.2) is 78.9 Å². The highest BCUT2D eigenvalue weighted by Crippen LogP contribution is 2.16. The molecule has 114 valence electrons. The monoisotopic (exact) mass is 307 g/mol. The highest BCUT2D eigenvalue weighted by molar-refractivity contribution is 7.91. The second-order valence-corrected chi connectivity index (χ2v) is 6.89. The van der Waals surface area contributed by atoms with Crippen molar-refractivity contribution < 1.29 is 27.9 Å². The molecule has 1 atom stereocenters. The van der Waals surface area contributed by atoms with E-state index in [-0.39, 0.29) is 18.8 Å². The number of urea groups is 1. The quantitative estimate of drug-likeness (QED) is 0.622. The number of sulfone groups is 1. The molecule has 0 radical (unpaired) electrons. The van der Waals surface area contributed by atoms with Crippen molar-refractivity contribution in [2.24, 2.45) is 5.73 Å². The van der Waals surface area contributed by atoms with Crippen LogP contribution in [0.2, 0.25) is 0 Å². The largest absolute Gasteiger partial charge is 0.481 e. The van der Waals surface area contributed by atoms with Crippen LogP contribution in [0.1, 0.15) is 6.42 Å². The minimum absolute atomic E-state index is 0.0950. The molecule has 0 aromatic rings. The molecule has 10 heteroatoms. The molecule has 0 saturated carbocycles. The lowest BCUT2D eigenvalue weighted by atomic mass is 10.2. The normalized spacial score (nSPS) is 21.2. The summed E-state index contributed by atoms with van der Waals surface area (Å²) >= 11 is 0. The van der Waals surface area contributed by atoms with E-state index >= 15 is 0 Å². The number of aliphatic carboxylic acids is 1. The Labute approximate surface area is 116 Å². The summed E-state index contributed by atoms with van der Waals surface area (Å²) in [5, 5.41) is 8.80. The molecular weight excluding hydrogens is 290 g/mol. The first-order chi connectivity index (χ1) is 9.12. The van der Waals surface area contributed by atoms with E-state index in [4.69, 9.17) is 10.8 Å². The molecule has 0 bridgehead atoms. The third kappa shape index (κ3) is 4.37. The van der Waals surface area contributed by atoms with Crippen molar-refractivity contribution >= 4 is 27.7 Å². The number of rotatable bonds is 4. The van der Waals surface area contributed by atoms with E-state index in [0.717, 1.165) is 9.80 Å². The molecule has 1 aliphatic heterocycles. The summed E-state index contributed by atoms with van der Waals surface area (Å²) in [7, 11) is -2.02. The number of carboxylic acids is 1. The van der Waals surface area contributed by atoms with Gasteiger partial charge in [0.1, 0.15) is 6.54 Å². The van der Waals surface area contributed by atoms with Gasteiger partial charge in [-0.2, -0.15) is 0 Å². The van der Waals surface area contributed by atoms with Gasteiger partial charge in [0.05, 0.1) is 24.0 Å². The van der Waals surface area contributed by atoms with Gasteiger partial charge in [0.25, 0.3) is 0 Å². The molecule has 1 rings (SSSR count). The number of nitrogens with zero attached hydrogens (tertiary/aromatic N) is 2. The summed E-state index contributed by atoms with van der Waals surface area (Å²) in [5.41, 5.74) is 4.98. The Balaban J connectivity index is 2.87. The molecule has 3 N–H and O–H groups in total. The van der Waals surface area contributed by atoms with Crippen molar-refractivity contribution in [2.45, 2.75) is 12.5 Å². The van der Waals surface area contributed by atoms with Gasteiger partial charge in [-0.05, 0) is 0 Å². The van der Waals surface area contributed by atoms with Crippen molar-refractivity contribution in [3.05, 3.63) is 0 Å². The zero-order valence-corrected chi connectivity index (χ0v) is 11.8. The maximum Gasteiger partial charge on any atom is 0.320 e. The molecule has 20 heavy (non-hydrogen) atoms. The predicted molar refractivity (Wildman–Crippen MR) is 68.6 cm³/mol. The van der Waals surface area contributed by atoms with E-state index in [0.29, 0.717) is 0 Å². The van der Waals surface area contributed by atoms with Gasteiger partial charge in [0.15, 0.2) is 9.84 Å². The van der Waals surface area contributed by atoms with E-state index in [9.17, 15) is 22.8 Å². The molecule has 0 aliphatic carbocycles. The van der Waals surface area contributed by atoms with Crippen LogP contribution >= 0.6 is 0 Å². The van der Waals surface area contributed by atoms with Gasteiger partial charge in [0.2, 0.25) is 5.91 Å². The number of carboxylic acid groups (broad SMARTS) is 1. The molecule has 3 amide bonds. The van der Waals surface area contributed by atoms with Crippen LogP contribution in [-0.2, 0) is 19.4 Å². The number of likely N-dealkylation sites (N-methyl/N-ethyl adjacent to an activating group) is 1. The molecule has 0 spiro atoms. The van der Waals surface area contributed by atoms with Gasteiger partial charge < -0.3 is 20.6 Å². The van der Waals surface area contributed by atoms with Crippen molar-refractivity contribution in [3.8, 4) is 0 Å². The zero-order valence-electron chi connectivity index (χ0n) is 11.0.